The highest BCUT2D eigenvalue weighted by Crippen LogP contribution is 2.29. The Balaban J connectivity index is 2.35. The predicted molar refractivity (Wildman–Crippen MR) is 79.0 cm³/mol. The summed E-state index contributed by atoms with van der Waals surface area (Å²) in [7, 11) is 0. The van der Waals surface area contributed by atoms with Crippen molar-refractivity contribution in [3.8, 4) is 0 Å². The minimum absolute atomic E-state index is 0.473. The molecule has 0 aromatic carbocycles. The first-order valence-electron chi connectivity index (χ1n) is 6.37. The Morgan fingerprint density at radius 2 is 2.24 bits per heavy atom. The van der Waals surface area contributed by atoms with Crippen LogP contribution in [0, 0.1) is 0 Å². The van der Waals surface area contributed by atoms with E-state index in [1.54, 1.807) is 11.3 Å². The van der Waals surface area contributed by atoms with E-state index in [1.165, 1.54) is 30.6 Å². The van der Waals surface area contributed by atoms with E-state index in [9.17, 15) is 0 Å². The van der Waals surface area contributed by atoms with Gasteiger partial charge in [0.25, 0.3) is 0 Å². The maximum absolute atomic E-state index is 5.99. The fourth-order valence-electron chi connectivity index (χ4n) is 1.92. The van der Waals surface area contributed by atoms with E-state index in [4.69, 9.17) is 11.6 Å². The van der Waals surface area contributed by atoms with E-state index in [2.05, 4.69) is 24.9 Å². The van der Waals surface area contributed by atoms with Crippen molar-refractivity contribution in [3.63, 3.8) is 0 Å². The van der Waals surface area contributed by atoms with Crippen LogP contribution in [0.3, 0.4) is 0 Å². The van der Waals surface area contributed by atoms with Gasteiger partial charge >= 0.3 is 0 Å². The van der Waals surface area contributed by atoms with E-state index in [0.29, 0.717) is 6.04 Å². The Morgan fingerprint density at radius 1 is 1.41 bits per heavy atom. The van der Waals surface area contributed by atoms with Gasteiger partial charge in [-0.05, 0) is 37.9 Å². The quantitative estimate of drug-likeness (QED) is 0.481. The summed E-state index contributed by atoms with van der Waals surface area (Å²) in [5, 5.41) is 3.53. The maximum atomic E-state index is 5.99. The number of allylic oxidation sites excluding steroid dienone is 1. The lowest BCUT2D eigenvalue weighted by molar-refractivity contribution is 0.490. The second-order valence-corrected chi connectivity index (χ2v) is 5.93. The third-order valence-electron chi connectivity index (χ3n) is 2.79. The molecule has 0 aliphatic heterocycles. The van der Waals surface area contributed by atoms with Gasteiger partial charge in [0.1, 0.15) is 0 Å². The van der Waals surface area contributed by atoms with E-state index < -0.39 is 0 Å². The van der Waals surface area contributed by atoms with Crippen molar-refractivity contribution in [1.29, 1.82) is 0 Å². The summed E-state index contributed by atoms with van der Waals surface area (Å²) >= 11 is 7.68. The molecular weight excluding hydrogens is 250 g/mol. The first-order chi connectivity index (χ1) is 8.27. The van der Waals surface area contributed by atoms with Crippen molar-refractivity contribution in [3.05, 3.63) is 34.0 Å². The molecule has 3 heteroatoms. The zero-order valence-electron chi connectivity index (χ0n) is 10.5. The summed E-state index contributed by atoms with van der Waals surface area (Å²) in [5.74, 6) is 0. The molecule has 0 radical (unpaired) electrons. The molecule has 0 aliphatic rings. The summed E-state index contributed by atoms with van der Waals surface area (Å²) in [5.41, 5.74) is 0. The molecule has 1 unspecified atom stereocenters. The molecule has 1 rings (SSSR count). The van der Waals surface area contributed by atoms with Gasteiger partial charge in [0.2, 0.25) is 0 Å². The lowest BCUT2D eigenvalue weighted by Gasteiger charge is -2.16. The van der Waals surface area contributed by atoms with Crippen molar-refractivity contribution >= 4 is 22.9 Å². The van der Waals surface area contributed by atoms with Crippen LogP contribution in [-0.2, 0) is 0 Å². The van der Waals surface area contributed by atoms with E-state index in [1.807, 2.05) is 12.1 Å². The van der Waals surface area contributed by atoms with Crippen molar-refractivity contribution in [1.82, 2.24) is 5.32 Å². The van der Waals surface area contributed by atoms with Crippen LogP contribution >= 0.6 is 22.9 Å². The minimum atomic E-state index is 0.473. The molecule has 1 atom stereocenters. The van der Waals surface area contributed by atoms with Gasteiger partial charge in [-0.25, -0.2) is 0 Å². The molecule has 0 saturated carbocycles. The van der Waals surface area contributed by atoms with Crippen LogP contribution in [0.1, 0.15) is 49.9 Å². The summed E-state index contributed by atoms with van der Waals surface area (Å²) in [6.07, 6.45) is 8.14. The normalized spacial score (nSPS) is 12.6. The van der Waals surface area contributed by atoms with Crippen molar-refractivity contribution in [2.24, 2.45) is 0 Å². The molecular formula is C14H22ClNS. The molecule has 0 aliphatic carbocycles. The largest absolute Gasteiger partial charge is 0.310 e. The van der Waals surface area contributed by atoms with Crippen LogP contribution in [0.4, 0.5) is 0 Å². The van der Waals surface area contributed by atoms with Gasteiger partial charge in [-0.1, -0.05) is 37.4 Å². The fourth-order valence-corrected chi connectivity index (χ4v) is 3.09. The van der Waals surface area contributed by atoms with Crippen LogP contribution < -0.4 is 5.32 Å². The molecule has 0 bridgehead atoms. The summed E-state index contributed by atoms with van der Waals surface area (Å²) in [4.78, 5) is 1.36. The van der Waals surface area contributed by atoms with Crippen LogP contribution in [0.5, 0.6) is 0 Å². The number of hydrogen-bond acceptors (Lipinski definition) is 2. The van der Waals surface area contributed by atoms with E-state index in [-0.39, 0.29) is 0 Å². The van der Waals surface area contributed by atoms with Crippen molar-refractivity contribution in [2.45, 2.75) is 45.1 Å². The average molecular weight is 272 g/mol. The summed E-state index contributed by atoms with van der Waals surface area (Å²) in [6, 6.07) is 4.61. The second kappa shape index (κ2) is 8.73. The Bertz CT molecular complexity index is 322. The Labute approximate surface area is 114 Å². The lowest BCUT2D eigenvalue weighted by Crippen LogP contribution is -2.19. The molecule has 1 N–H and O–H groups in total. The van der Waals surface area contributed by atoms with Gasteiger partial charge in [0.05, 0.1) is 4.34 Å². The SMILES string of the molecule is C=CCCCCCC(NCC)c1ccc(Cl)s1. The summed E-state index contributed by atoms with van der Waals surface area (Å²) < 4.78 is 0.884. The lowest BCUT2D eigenvalue weighted by atomic mass is 10.1. The zero-order chi connectivity index (χ0) is 12.5. The fraction of sp³-hybridized carbons (Fsp3) is 0.571. The van der Waals surface area contributed by atoms with Crippen molar-refractivity contribution < 1.29 is 0 Å². The molecule has 1 nitrogen and oxygen atoms in total. The first kappa shape index (κ1) is 14.7. The number of halogens is 1. The maximum Gasteiger partial charge on any atom is 0.0931 e. The van der Waals surface area contributed by atoms with Crippen LogP contribution in [0.15, 0.2) is 24.8 Å². The Kier molecular flexibility index (Phi) is 7.58. The van der Waals surface area contributed by atoms with Gasteiger partial charge in [-0.2, -0.15) is 0 Å². The molecule has 96 valence electrons. The molecule has 0 spiro atoms. The smallest absolute Gasteiger partial charge is 0.0931 e. The molecule has 1 aromatic heterocycles. The Hall–Kier alpha value is -0.310. The molecule has 0 saturated heterocycles. The molecule has 1 aromatic rings. The predicted octanol–water partition coefficient (Wildman–Crippen LogP) is 5.19. The number of rotatable bonds is 9. The second-order valence-electron chi connectivity index (χ2n) is 4.18. The zero-order valence-corrected chi connectivity index (χ0v) is 12.1. The number of unbranched alkanes of at least 4 members (excludes halogenated alkanes) is 3. The first-order valence-corrected chi connectivity index (χ1v) is 7.57. The number of thiophene rings is 1. The van der Waals surface area contributed by atoms with Gasteiger partial charge in [0, 0.05) is 10.9 Å². The molecule has 1 heterocycles. The number of hydrogen-bond donors (Lipinski definition) is 1. The molecule has 17 heavy (non-hydrogen) atoms. The third kappa shape index (κ3) is 5.71. The van der Waals surface area contributed by atoms with Gasteiger partial charge in [-0.15, -0.1) is 17.9 Å². The number of nitrogens with one attached hydrogen (secondary N) is 1. The minimum Gasteiger partial charge on any atom is -0.310 e. The van der Waals surface area contributed by atoms with Gasteiger partial charge in [0.15, 0.2) is 0 Å². The Morgan fingerprint density at radius 3 is 2.82 bits per heavy atom. The highest BCUT2D eigenvalue weighted by atomic mass is 35.5. The average Bonchev–Trinajstić information content (AvgIpc) is 2.74. The summed E-state index contributed by atoms with van der Waals surface area (Å²) in [6.45, 7) is 6.91. The van der Waals surface area contributed by atoms with E-state index in [0.717, 1.165) is 17.3 Å². The van der Waals surface area contributed by atoms with Gasteiger partial charge < -0.3 is 5.32 Å². The molecule has 0 amide bonds. The topological polar surface area (TPSA) is 12.0 Å². The monoisotopic (exact) mass is 271 g/mol. The van der Waals surface area contributed by atoms with Crippen molar-refractivity contribution in [2.75, 3.05) is 6.54 Å². The van der Waals surface area contributed by atoms with Crippen LogP contribution in [0.25, 0.3) is 0 Å². The highest BCUT2D eigenvalue weighted by molar-refractivity contribution is 7.16. The standard InChI is InChI=1S/C14H22ClNS/c1-3-5-6-7-8-9-12(16-4-2)13-10-11-14(15)17-13/h3,10-12,16H,1,4-9H2,2H3. The van der Waals surface area contributed by atoms with Crippen LogP contribution in [0.2, 0.25) is 4.34 Å². The van der Waals surface area contributed by atoms with E-state index >= 15 is 0 Å². The highest BCUT2D eigenvalue weighted by Gasteiger charge is 2.11. The van der Waals surface area contributed by atoms with Crippen LogP contribution in [-0.4, -0.2) is 6.54 Å². The molecule has 0 fully saturated rings. The third-order valence-corrected chi connectivity index (χ3v) is 4.13. The van der Waals surface area contributed by atoms with Gasteiger partial charge in [-0.3, -0.25) is 0 Å².